The molecule has 0 saturated carbocycles. The molecular formula is C15H20O2. The van der Waals surface area contributed by atoms with Gasteiger partial charge in [0, 0.05) is 6.08 Å². The van der Waals surface area contributed by atoms with E-state index in [-0.39, 0.29) is 5.97 Å². The molecule has 0 amide bonds. The average molecular weight is 232 g/mol. The molecule has 0 aliphatic rings. The molecule has 0 heterocycles. The SMILES string of the molecule is CC(C)=CC(=O)Oc1cc(C)ccc1C(C)C. The standard InChI is InChI=1S/C15H20O2/c1-10(2)8-15(16)17-14-9-12(5)6-7-13(14)11(3)4/h6-9,11H,1-5H3. The molecule has 1 aromatic carbocycles. The highest BCUT2D eigenvalue weighted by Gasteiger charge is 2.10. The van der Waals surface area contributed by atoms with E-state index in [9.17, 15) is 4.79 Å². The van der Waals surface area contributed by atoms with Crippen molar-refractivity contribution in [1.29, 1.82) is 0 Å². The predicted octanol–water partition coefficient (Wildman–Crippen LogP) is 3.99. The lowest BCUT2D eigenvalue weighted by Crippen LogP contribution is -2.07. The molecule has 0 aliphatic heterocycles. The highest BCUT2D eigenvalue weighted by atomic mass is 16.5. The lowest BCUT2D eigenvalue weighted by atomic mass is 10.0. The van der Waals surface area contributed by atoms with Crippen molar-refractivity contribution in [3.8, 4) is 5.75 Å². The first-order valence-electron chi connectivity index (χ1n) is 5.87. The molecule has 0 saturated heterocycles. The van der Waals surface area contributed by atoms with Crippen LogP contribution in [-0.2, 0) is 4.79 Å². The van der Waals surface area contributed by atoms with Crippen molar-refractivity contribution in [1.82, 2.24) is 0 Å². The van der Waals surface area contributed by atoms with Crippen molar-refractivity contribution in [2.45, 2.75) is 40.5 Å². The number of esters is 1. The van der Waals surface area contributed by atoms with Crippen molar-refractivity contribution in [2.75, 3.05) is 0 Å². The summed E-state index contributed by atoms with van der Waals surface area (Å²) in [6.07, 6.45) is 1.51. The van der Waals surface area contributed by atoms with Crippen LogP contribution < -0.4 is 4.74 Å². The highest BCUT2D eigenvalue weighted by molar-refractivity contribution is 5.84. The van der Waals surface area contributed by atoms with Gasteiger partial charge in [0.25, 0.3) is 0 Å². The Morgan fingerprint density at radius 3 is 2.47 bits per heavy atom. The quantitative estimate of drug-likeness (QED) is 0.447. The van der Waals surface area contributed by atoms with E-state index in [0.29, 0.717) is 11.7 Å². The molecule has 0 fully saturated rings. The number of carbonyl (C=O) groups excluding carboxylic acids is 1. The van der Waals surface area contributed by atoms with E-state index in [4.69, 9.17) is 4.74 Å². The van der Waals surface area contributed by atoms with Gasteiger partial charge in [0.15, 0.2) is 0 Å². The van der Waals surface area contributed by atoms with E-state index >= 15 is 0 Å². The molecule has 2 nitrogen and oxygen atoms in total. The molecule has 0 aromatic heterocycles. The van der Waals surface area contributed by atoms with Crippen LogP contribution in [0.1, 0.15) is 44.7 Å². The Balaban J connectivity index is 3.00. The Kier molecular flexibility index (Phi) is 4.50. The average Bonchev–Trinajstić information content (AvgIpc) is 2.15. The summed E-state index contributed by atoms with van der Waals surface area (Å²) in [7, 11) is 0. The molecule has 0 aliphatic carbocycles. The third-order valence-corrected chi connectivity index (χ3v) is 2.41. The van der Waals surface area contributed by atoms with E-state index in [1.807, 2.05) is 39.0 Å². The maximum absolute atomic E-state index is 11.6. The number of rotatable bonds is 3. The second-order valence-electron chi connectivity index (χ2n) is 4.84. The minimum atomic E-state index is -0.308. The molecule has 0 N–H and O–H groups in total. The van der Waals surface area contributed by atoms with Crippen molar-refractivity contribution in [3.05, 3.63) is 41.0 Å². The fourth-order valence-electron chi connectivity index (χ4n) is 1.58. The van der Waals surface area contributed by atoms with Crippen molar-refractivity contribution in [3.63, 3.8) is 0 Å². The van der Waals surface area contributed by atoms with Gasteiger partial charge in [-0.05, 0) is 43.9 Å². The van der Waals surface area contributed by atoms with Gasteiger partial charge < -0.3 is 4.74 Å². The molecule has 1 rings (SSSR count). The van der Waals surface area contributed by atoms with Crippen LogP contribution in [-0.4, -0.2) is 5.97 Å². The largest absolute Gasteiger partial charge is 0.423 e. The fraction of sp³-hybridized carbons (Fsp3) is 0.400. The number of hydrogen-bond donors (Lipinski definition) is 0. The predicted molar refractivity (Wildman–Crippen MR) is 70.3 cm³/mol. The molecule has 17 heavy (non-hydrogen) atoms. The summed E-state index contributed by atoms with van der Waals surface area (Å²) in [5.74, 6) is 0.699. The third kappa shape index (κ3) is 4.06. The number of benzene rings is 1. The smallest absolute Gasteiger partial charge is 0.336 e. The fourth-order valence-corrected chi connectivity index (χ4v) is 1.58. The van der Waals surface area contributed by atoms with Crippen molar-refractivity contribution in [2.24, 2.45) is 0 Å². The maximum Gasteiger partial charge on any atom is 0.336 e. The van der Waals surface area contributed by atoms with Gasteiger partial charge in [-0.2, -0.15) is 0 Å². The first kappa shape index (κ1) is 13.5. The maximum atomic E-state index is 11.6. The summed E-state index contributed by atoms with van der Waals surface area (Å²) in [4.78, 5) is 11.6. The Labute approximate surface area is 103 Å². The van der Waals surface area contributed by atoms with E-state index in [0.717, 1.165) is 16.7 Å². The minimum absolute atomic E-state index is 0.308. The summed E-state index contributed by atoms with van der Waals surface area (Å²) in [6.45, 7) is 9.91. The summed E-state index contributed by atoms with van der Waals surface area (Å²) in [5.41, 5.74) is 3.09. The number of hydrogen-bond acceptors (Lipinski definition) is 2. The molecule has 0 bridgehead atoms. The topological polar surface area (TPSA) is 26.3 Å². The number of ether oxygens (including phenoxy) is 1. The van der Waals surface area contributed by atoms with Crippen molar-refractivity contribution >= 4 is 5.97 Å². The minimum Gasteiger partial charge on any atom is -0.423 e. The van der Waals surface area contributed by atoms with Gasteiger partial charge >= 0.3 is 5.97 Å². The molecule has 1 aromatic rings. The monoisotopic (exact) mass is 232 g/mol. The second-order valence-corrected chi connectivity index (χ2v) is 4.84. The lowest BCUT2D eigenvalue weighted by Gasteiger charge is -2.12. The zero-order valence-corrected chi connectivity index (χ0v) is 11.2. The number of carbonyl (C=O) groups is 1. The Bertz CT molecular complexity index is 438. The molecule has 0 spiro atoms. The van der Waals surface area contributed by atoms with Crippen LogP contribution in [0.25, 0.3) is 0 Å². The van der Waals surface area contributed by atoms with Gasteiger partial charge in [-0.3, -0.25) is 0 Å². The van der Waals surface area contributed by atoms with Gasteiger partial charge in [0.1, 0.15) is 5.75 Å². The highest BCUT2D eigenvalue weighted by Crippen LogP contribution is 2.27. The summed E-state index contributed by atoms with van der Waals surface area (Å²) < 4.78 is 5.38. The molecule has 2 heteroatoms. The zero-order valence-electron chi connectivity index (χ0n) is 11.2. The first-order valence-corrected chi connectivity index (χ1v) is 5.87. The Morgan fingerprint density at radius 2 is 1.94 bits per heavy atom. The van der Waals surface area contributed by atoms with Gasteiger partial charge in [0.05, 0.1) is 0 Å². The van der Waals surface area contributed by atoms with Gasteiger partial charge in [0.2, 0.25) is 0 Å². The van der Waals surface area contributed by atoms with Crippen LogP contribution in [0, 0.1) is 6.92 Å². The summed E-state index contributed by atoms with van der Waals surface area (Å²) >= 11 is 0. The molecule has 0 radical (unpaired) electrons. The van der Waals surface area contributed by atoms with Gasteiger partial charge in [-0.25, -0.2) is 4.79 Å². The van der Waals surface area contributed by atoms with Gasteiger partial charge in [-0.15, -0.1) is 0 Å². The normalized spacial score (nSPS) is 10.2. The van der Waals surface area contributed by atoms with Crippen LogP contribution in [0.2, 0.25) is 0 Å². The van der Waals surface area contributed by atoms with Crippen LogP contribution in [0.5, 0.6) is 5.75 Å². The van der Waals surface area contributed by atoms with Crippen molar-refractivity contribution < 1.29 is 9.53 Å². The van der Waals surface area contributed by atoms with Crippen LogP contribution in [0.15, 0.2) is 29.8 Å². The second kappa shape index (κ2) is 5.67. The first-order chi connectivity index (χ1) is 7.90. The lowest BCUT2D eigenvalue weighted by molar-refractivity contribution is -0.129. The Morgan fingerprint density at radius 1 is 1.29 bits per heavy atom. The van der Waals surface area contributed by atoms with E-state index in [1.54, 1.807) is 0 Å². The summed E-state index contributed by atoms with van der Waals surface area (Å²) in [6, 6.07) is 5.96. The number of allylic oxidation sites excluding steroid dienone is 1. The third-order valence-electron chi connectivity index (χ3n) is 2.41. The van der Waals surface area contributed by atoms with Crippen LogP contribution in [0.4, 0.5) is 0 Å². The molecular weight excluding hydrogens is 212 g/mol. The van der Waals surface area contributed by atoms with Gasteiger partial charge in [-0.1, -0.05) is 31.6 Å². The van der Waals surface area contributed by atoms with E-state index < -0.39 is 0 Å². The molecule has 0 atom stereocenters. The van der Waals surface area contributed by atoms with E-state index in [1.165, 1.54) is 6.08 Å². The Hall–Kier alpha value is -1.57. The van der Waals surface area contributed by atoms with Crippen LogP contribution >= 0.6 is 0 Å². The summed E-state index contributed by atoms with van der Waals surface area (Å²) in [5, 5.41) is 0. The molecule has 0 unspecified atom stereocenters. The molecule has 92 valence electrons. The zero-order chi connectivity index (χ0) is 13.0. The number of aryl methyl sites for hydroxylation is 1. The van der Waals surface area contributed by atoms with E-state index in [2.05, 4.69) is 13.8 Å². The van der Waals surface area contributed by atoms with Crippen LogP contribution in [0.3, 0.4) is 0 Å².